The molecule has 4 rings (SSSR count). The summed E-state index contributed by atoms with van der Waals surface area (Å²) in [6, 6.07) is 5.93. The summed E-state index contributed by atoms with van der Waals surface area (Å²) in [5, 5.41) is 4.57. The normalized spacial score (nSPS) is 21.0. The molecule has 1 aromatic carbocycles. The van der Waals surface area contributed by atoms with E-state index in [9.17, 15) is 0 Å². The molecule has 0 atom stereocenters. The van der Waals surface area contributed by atoms with E-state index in [2.05, 4.69) is 28.2 Å². The van der Waals surface area contributed by atoms with Gasteiger partial charge < -0.3 is 9.80 Å². The number of hydrogen-bond acceptors (Lipinski definition) is 4. The van der Waals surface area contributed by atoms with Crippen LogP contribution in [0.2, 0.25) is 10.0 Å². The molecule has 3 nitrogen and oxygen atoms in total. The maximum atomic E-state index is 6.28. The SMILES string of the molecule is CCCCCCCCN1CCC2(CC1)CN=C1SC=C(c3ccc(Cl)c(Cl)c3)N1C2. The lowest BCUT2D eigenvalue weighted by molar-refractivity contribution is 0.0917. The van der Waals surface area contributed by atoms with E-state index in [1.54, 1.807) is 11.8 Å². The smallest absolute Gasteiger partial charge is 0.168 e. The van der Waals surface area contributed by atoms with Gasteiger partial charge >= 0.3 is 0 Å². The Balaban J connectivity index is 1.31. The number of nitrogens with zero attached hydrogens (tertiary/aromatic N) is 3. The predicted molar refractivity (Wildman–Crippen MR) is 133 cm³/mol. The zero-order chi connectivity index (χ0) is 21.0. The van der Waals surface area contributed by atoms with Crippen molar-refractivity contribution in [3.05, 3.63) is 39.2 Å². The van der Waals surface area contributed by atoms with E-state index in [1.807, 2.05) is 12.1 Å². The van der Waals surface area contributed by atoms with Crippen molar-refractivity contribution in [3.63, 3.8) is 0 Å². The lowest BCUT2D eigenvalue weighted by Gasteiger charge is -2.46. The Kier molecular flexibility index (Phi) is 7.72. The quantitative estimate of drug-likeness (QED) is 0.379. The van der Waals surface area contributed by atoms with Gasteiger partial charge in [-0.2, -0.15) is 0 Å². The maximum absolute atomic E-state index is 6.28. The second-order valence-corrected chi connectivity index (χ2v) is 10.7. The molecule has 164 valence electrons. The molecule has 0 amide bonds. The van der Waals surface area contributed by atoms with E-state index in [1.165, 1.54) is 76.7 Å². The third kappa shape index (κ3) is 5.20. The number of aliphatic imine (C=N–C) groups is 1. The van der Waals surface area contributed by atoms with E-state index >= 15 is 0 Å². The number of thioether (sulfide) groups is 1. The summed E-state index contributed by atoms with van der Waals surface area (Å²) >= 11 is 14.1. The van der Waals surface area contributed by atoms with Gasteiger partial charge in [0.05, 0.1) is 15.7 Å². The van der Waals surface area contributed by atoms with Crippen molar-refractivity contribution in [1.29, 1.82) is 0 Å². The lowest BCUT2D eigenvalue weighted by Crippen LogP contribution is -2.50. The van der Waals surface area contributed by atoms with Crippen molar-refractivity contribution in [1.82, 2.24) is 9.80 Å². The van der Waals surface area contributed by atoms with Crippen molar-refractivity contribution >= 4 is 45.8 Å². The van der Waals surface area contributed by atoms with Gasteiger partial charge in [0, 0.05) is 29.5 Å². The number of piperidine rings is 1. The zero-order valence-electron chi connectivity index (χ0n) is 18.0. The monoisotopic (exact) mass is 465 g/mol. The van der Waals surface area contributed by atoms with Crippen molar-refractivity contribution in [2.24, 2.45) is 10.4 Å². The topological polar surface area (TPSA) is 18.8 Å². The molecule has 30 heavy (non-hydrogen) atoms. The first-order valence-corrected chi connectivity index (χ1v) is 13.1. The van der Waals surface area contributed by atoms with E-state index in [0.29, 0.717) is 15.5 Å². The van der Waals surface area contributed by atoms with E-state index in [4.69, 9.17) is 28.2 Å². The molecule has 0 saturated carbocycles. The number of halogens is 2. The van der Waals surface area contributed by atoms with Crippen molar-refractivity contribution in [2.45, 2.75) is 58.3 Å². The second kappa shape index (κ2) is 10.3. The van der Waals surface area contributed by atoms with Gasteiger partial charge in [-0.3, -0.25) is 4.99 Å². The molecule has 1 aromatic rings. The van der Waals surface area contributed by atoms with Gasteiger partial charge in [0.1, 0.15) is 0 Å². The Hall–Kier alpha value is -0.680. The molecule has 0 N–H and O–H groups in total. The molecule has 0 bridgehead atoms. The first-order chi connectivity index (χ1) is 14.6. The van der Waals surface area contributed by atoms with E-state index < -0.39 is 0 Å². The van der Waals surface area contributed by atoms with Crippen LogP contribution < -0.4 is 0 Å². The molecule has 6 heteroatoms. The van der Waals surface area contributed by atoms with Crippen molar-refractivity contribution in [2.75, 3.05) is 32.7 Å². The number of hydrogen-bond donors (Lipinski definition) is 0. The van der Waals surface area contributed by atoms with Gasteiger partial charge in [0.25, 0.3) is 0 Å². The molecule has 1 spiro atoms. The summed E-state index contributed by atoms with van der Waals surface area (Å²) in [4.78, 5) is 10.1. The fourth-order valence-electron chi connectivity index (χ4n) is 4.80. The number of unbranched alkanes of at least 4 members (excludes halogenated alkanes) is 5. The fraction of sp³-hybridized carbons (Fsp3) is 0.625. The minimum atomic E-state index is 0.307. The number of benzene rings is 1. The van der Waals surface area contributed by atoms with Crippen LogP contribution in [0.1, 0.15) is 63.9 Å². The first kappa shape index (κ1) is 22.5. The molecule has 0 radical (unpaired) electrons. The average molecular weight is 467 g/mol. The molecule has 0 aliphatic carbocycles. The minimum Gasteiger partial charge on any atom is -0.319 e. The van der Waals surface area contributed by atoms with E-state index in [-0.39, 0.29) is 0 Å². The second-order valence-electron chi connectivity index (χ2n) is 9.04. The highest BCUT2D eigenvalue weighted by molar-refractivity contribution is 8.16. The molecule has 1 fully saturated rings. The largest absolute Gasteiger partial charge is 0.319 e. The number of rotatable bonds is 8. The Labute approximate surface area is 195 Å². The van der Waals surface area contributed by atoms with Crippen LogP contribution in [0.25, 0.3) is 5.70 Å². The summed E-state index contributed by atoms with van der Waals surface area (Å²) in [6.07, 6.45) is 10.8. The summed E-state index contributed by atoms with van der Waals surface area (Å²) in [5.41, 5.74) is 2.65. The van der Waals surface area contributed by atoms with Gasteiger partial charge in [0.15, 0.2) is 5.17 Å². The van der Waals surface area contributed by atoms with Crippen LogP contribution >= 0.6 is 35.0 Å². The Morgan fingerprint density at radius 3 is 2.57 bits per heavy atom. The highest BCUT2D eigenvalue weighted by Crippen LogP contribution is 2.43. The average Bonchev–Trinajstić information content (AvgIpc) is 3.17. The molecule has 3 aliphatic heterocycles. The molecular formula is C24H33Cl2N3S. The van der Waals surface area contributed by atoms with Gasteiger partial charge in [-0.15, -0.1) is 0 Å². The van der Waals surface area contributed by atoms with Crippen molar-refractivity contribution in [3.8, 4) is 0 Å². The third-order valence-corrected chi connectivity index (χ3v) is 8.44. The molecule has 3 aliphatic rings. The first-order valence-electron chi connectivity index (χ1n) is 11.5. The Morgan fingerprint density at radius 1 is 1.03 bits per heavy atom. The van der Waals surface area contributed by atoms with E-state index in [0.717, 1.165) is 23.8 Å². The minimum absolute atomic E-state index is 0.307. The Bertz CT molecular complexity index is 800. The zero-order valence-corrected chi connectivity index (χ0v) is 20.3. The summed E-state index contributed by atoms with van der Waals surface area (Å²) in [6.45, 7) is 8.02. The predicted octanol–water partition coefficient (Wildman–Crippen LogP) is 7.15. The van der Waals surface area contributed by atoms with Crippen LogP contribution in [0.5, 0.6) is 0 Å². The highest BCUT2D eigenvalue weighted by atomic mass is 35.5. The molecule has 0 unspecified atom stereocenters. The summed E-state index contributed by atoms with van der Waals surface area (Å²) in [7, 11) is 0. The summed E-state index contributed by atoms with van der Waals surface area (Å²) in [5.74, 6) is 0. The standard InChI is InChI=1S/C24H33Cl2N3S/c1-2-3-4-5-6-7-12-28-13-10-24(11-14-28)17-27-23-29(18-24)22(16-30-23)19-8-9-20(25)21(26)15-19/h8-9,15-16H,2-7,10-14,17-18H2,1H3. The van der Waals surface area contributed by atoms with Crippen LogP contribution in [0.15, 0.2) is 28.6 Å². The van der Waals surface area contributed by atoms with Gasteiger partial charge in [-0.25, -0.2) is 0 Å². The van der Waals surface area contributed by atoms with Crippen LogP contribution in [-0.4, -0.2) is 47.7 Å². The van der Waals surface area contributed by atoms with Gasteiger partial charge in [-0.1, -0.05) is 80.1 Å². The van der Waals surface area contributed by atoms with Crippen LogP contribution in [0.3, 0.4) is 0 Å². The Morgan fingerprint density at radius 2 is 1.80 bits per heavy atom. The fourth-order valence-corrected chi connectivity index (χ4v) is 6.00. The van der Waals surface area contributed by atoms with Crippen LogP contribution in [0, 0.1) is 5.41 Å². The summed E-state index contributed by atoms with van der Waals surface area (Å²) < 4.78 is 0. The lowest BCUT2D eigenvalue weighted by atomic mass is 9.77. The number of likely N-dealkylation sites (tertiary alicyclic amines) is 1. The van der Waals surface area contributed by atoms with Crippen molar-refractivity contribution < 1.29 is 0 Å². The van der Waals surface area contributed by atoms with Crippen LogP contribution in [-0.2, 0) is 0 Å². The number of fused-ring (bicyclic) bond motifs is 1. The third-order valence-electron chi connectivity index (χ3n) is 6.80. The van der Waals surface area contributed by atoms with Gasteiger partial charge in [-0.05, 0) is 51.0 Å². The molecule has 1 saturated heterocycles. The molecule has 0 aromatic heterocycles. The number of amidine groups is 1. The molecular weight excluding hydrogens is 433 g/mol. The maximum Gasteiger partial charge on any atom is 0.168 e. The van der Waals surface area contributed by atoms with Crippen LogP contribution in [0.4, 0.5) is 0 Å². The highest BCUT2D eigenvalue weighted by Gasteiger charge is 2.42. The van der Waals surface area contributed by atoms with Gasteiger partial charge in [0.2, 0.25) is 0 Å². The molecule has 3 heterocycles.